The van der Waals surface area contributed by atoms with Gasteiger partial charge in [0.1, 0.15) is 0 Å². The molecule has 0 radical (unpaired) electrons. The van der Waals surface area contributed by atoms with Gasteiger partial charge in [0, 0.05) is 16.7 Å². The first-order valence-electron chi connectivity index (χ1n) is 14.4. The van der Waals surface area contributed by atoms with Gasteiger partial charge in [-0.25, -0.2) is 9.97 Å². The number of aromatic nitrogens is 2. The van der Waals surface area contributed by atoms with Crippen LogP contribution in [0.4, 0.5) is 0 Å². The Hall–Kier alpha value is -4.67. The van der Waals surface area contributed by atoms with E-state index in [-0.39, 0.29) is 6.16 Å². The second kappa shape index (κ2) is 15.2. The van der Waals surface area contributed by atoms with Gasteiger partial charge in [0.15, 0.2) is 5.82 Å². The van der Waals surface area contributed by atoms with Crippen molar-refractivity contribution in [3.8, 4) is 33.9 Å². The van der Waals surface area contributed by atoms with Gasteiger partial charge in [-0.05, 0) is 54.2 Å². The van der Waals surface area contributed by atoms with Gasteiger partial charge in [-0.3, -0.25) is 4.57 Å². The molecule has 222 valence electrons. The Morgan fingerprint density at radius 1 is 0.705 bits per heavy atom. The van der Waals surface area contributed by atoms with E-state index in [1.807, 2.05) is 68.5 Å². The number of nitrogens with zero attached hydrogens (tertiary/aromatic N) is 2. The van der Waals surface area contributed by atoms with Crippen molar-refractivity contribution in [1.29, 1.82) is 0 Å². The summed E-state index contributed by atoms with van der Waals surface area (Å²) in [5, 5.41) is 0. The van der Waals surface area contributed by atoms with Gasteiger partial charge < -0.3 is 9.79 Å². The lowest BCUT2D eigenvalue weighted by atomic mass is 9.99. The van der Waals surface area contributed by atoms with Crippen LogP contribution in [0.25, 0.3) is 45.0 Å². The molecule has 0 atom stereocenters. The third kappa shape index (κ3) is 8.68. The molecule has 0 aliphatic heterocycles. The fourth-order valence-corrected chi connectivity index (χ4v) is 5.29. The monoisotopic (exact) mass is 600 g/mol. The van der Waals surface area contributed by atoms with Crippen LogP contribution in [0.5, 0.6) is 0 Å². The Bertz CT molecular complexity index is 1680. The molecule has 0 aliphatic carbocycles. The predicted octanol–water partition coefficient (Wildman–Crippen LogP) is 9.49. The third-order valence-corrected chi connectivity index (χ3v) is 7.75. The number of hydrogen-bond acceptors (Lipinski definition) is 3. The van der Waals surface area contributed by atoms with Crippen LogP contribution in [0, 0.1) is 0 Å². The first-order chi connectivity index (χ1) is 21.2. The van der Waals surface area contributed by atoms with E-state index in [2.05, 4.69) is 73.8 Å². The highest BCUT2D eigenvalue weighted by molar-refractivity contribution is 7.51. The lowest BCUT2D eigenvalue weighted by Crippen LogP contribution is -1.97. The summed E-state index contributed by atoms with van der Waals surface area (Å²) in [6.45, 7) is 11.7. The fourth-order valence-electron chi connectivity index (χ4n) is 4.74. The number of allylic oxidation sites excluding steroid dienone is 10. The molecule has 0 saturated carbocycles. The molecule has 0 bridgehead atoms. The summed E-state index contributed by atoms with van der Waals surface area (Å²) in [6.07, 6.45) is 15.7. The summed E-state index contributed by atoms with van der Waals surface area (Å²) < 4.78 is 11.3. The van der Waals surface area contributed by atoms with Crippen LogP contribution in [0.1, 0.15) is 30.5 Å². The zero-order valence-electron chi connectivity index (χ0n) is 25.1. The van der Waals surface area contributed by atoms with Crippen molar-refractivity contribution in [3.63, 3.8) is 0 Å². The van der Waals surface area contributed by atoms with Crippen molar-refractivity contribution < 1.29 is 14.4 Å². The molecule has 44 heavy (non-hydrogen) atoms. The van der Waals surface area contributed by atoms with E-state index >= 15 is 0 Å². The van der Waals surface area contributed by atoms with E-state index in [0.717, 1.165) is 55.9 Å². The molecule has 4 aromatic rings. The van der Waals surface area contributed by atoms with Crippen molar-refractivity contribution in [2.75, 3.05) is 6.16 Å². The summed E-state index contributed by atoms with van der Waals surface area (Å²) >= 11 is 0. The van der Waals surface area contributed by atoms with Gasteiger partial charge in [-0.1, -0.05) is 135 Å². The fraction of sp³-hybridized carbons (Fsp3) is 0.105. The summed E-state index contributed by atoms with van der Waals surface area (Å²) in [7, 11) is -4.07. The zero-order valence-corrected chi connectivity index (χ0v) is 26.0. The third-order valence-electron chi connectivity index (χ3n) is 6.95. The average molecular weight is 601 g/mol. The summed E-state index contributed by atoms with van der Waals surface area (Å²) in [5.41, 5.74) is 9.43. The normalized spacial score (nSPS) is 12.6. The molecule has 2 N–H and O–H groups in total. The van der Waals surface area contributed by atoms with E-state index in [0.29, 0.717) is 12.2 Å². The second-order valence-corrected chi connectivity index (χ2v) is 11.9. The topological polar surface area (TPSA) is 83.3 Å². The molecule has 3 aromatic carbocycles. The summed E-state index contributed by atoms with van der Waals surface area (Å²) in [6, 6.07) is 26.1. The van der Waals surface area contributed by atoms with Crippen molar-refractivity contribution in [1.82, 2.24) is 9.97 Å². The highest BCUT2D eigenvalue weighted by Crippen LogP contribution is 2.35. The lowest BCUT2D eigenvalue weighted by Gasteiger charge is -2.11. The van der Waals surface area contributed by atoms with Gasteiger partial charge in [0.05, 0.1) is 17.5 Å². The van der Waals surface area contributed by atoms with Gasteiger partial charge in [0.25, 0.3) is 0 Å². The molecule has 1 aromatic heterocycles. The van der Waals surface area contributed by atoms with E-state index in [9.17, 15) is 14.4 Å². The quantitative estimate of drug-likeness (QED) is 0.125. The maximum Gasteiger partial charge on any atom is 0.325 e. The van der Waals surface area contributed by atoms with Gasteiger partial charge in [0.2, 0.25) is 0 Å². The van der Waals surface area contributed by atoms with E-state index < -0.39 is 7.60 Å². The molecule has 4 rings (SSSR count). The van der Waals surface area contributed by atoms with Crippen molar-refractivity contribution in [3.05, 3.63) is 157 Å². The average Bonchev–Trinajstić information content (AvgIpc) is 3.03. The van der Waals surface area contributed by atoms with Crippen LogP contribution < -0.4 is 0 Å². The maximum atomic E-state index is 11.3. The van der Waals surface area contributed by atoms with Crippen LogP contribution in [0.3, 0.4) is 0 Å². The molecular weight excluding hydrogens is 563 g/mol. The zero-order chi connectivity index (χ0) is 31.5. The summed E-state index contributed by atoms with van der Waals surface area (Å²) in [5.74, 6) is 0.564. The van der Waals surface area contributed by atoms with Crippen molar-refractivity contribution >= 4 is 18.7 Å². The minimum absolute atomic E-state index is 0.191. The Morgan fingerprint density at radius 2 is 1.14 bits per heavy atom. The van der Waals surface area contributed by atoms with E-state index in [1.165, 1.54) is 0 Å². The van der Waals surface area contributed by atoms with Crippen molar-refractivity contribution in [2.24, 2.45) is 0 Å². The molecule has 1 heterocycles. The molecule has 0 fully saturated rings. The molecule has 0 spiro atoms. The minimum Gasteiger partial charge on any atom is -0.324 e. The second-order valence-electron chi connectivity index (χ2n) is 10.2. The van der Waals surface area contributed by atoms with Gasteiger partial charge >= 0.3 is 7.60 Å². The van der Waals surface area contributed by atoms with Gasteiger partial charge in [-0.15, -0.1) is 0 Å². The predicted molar refractivity (Wildman–Crippen MR) is 185 cm³/mol. The Labute approximate surface area is 260 Å². The van der Waals surface area contributed by atoms with E-state index in [1.54, 1.807) is 12.2 Å². The summed E-state index contributed by atoms with van der Waals surface area (Å²) in [4.78, 5) is 28.4. The molecular formula is C38H37N2O3P. The van der Waals surface area contributed by atoms with E-state index in [4.69, 9.17) is 9.97 Å². The number of rotatable bonds is 12. The lowest BCUT2D eigenvalue weighted by molar-refractivity contribution is 0.373. The smallest absolute Gasteiger partial charge is 0.324 e. The highest BCUT2D eigenvalue weighted by Gasteiger charge is 2.14. The Balaban J connectivity index is 1.77. The van der Waals surface area contributed by atoms with Crippen LogP contribution in [0.2, 0.25) is 0 Å². The highest BCUT2D eigenvalue weighted by atomic mass is 31.2. The van der Waals surface area contributed by atoms with Crippen LogP contribution >= 0.6 is 7.60 Å². The van der Waals surface area contributed by atoms with Crippen LogP contribution in [0.15, 0.2) is 141 Å². The molecule has 6 heteroatoms. The Kier molecular flexibility index (Phi) is 11.1. The standard InChI is InChI=1S/C38H37N2O3P/c1-5-9-29(10-6-2)31-17-21-33(22-18-31)36-27-37(34-23-19-32(20-24-34)30(11-7-3)12-8-4)40-38(39-36)35-15-13-28(14-16-35)25-26-44(41,42)43/h5-24,27H,1,3,25-26H2,2,4H3,(H2,41,42,43)/b10-6-,12-8-,29-9+,30-11+. The molecule has 0 unspecified atom stereocenters. The number of aryl methyl sites for hydroxylation is 1. The largest absolute Gasteiger partial charge is 0.325 e. The van der Waals surface area contributed by atoms with Gasteiger partial charge in [-0.2, -0.15) is 0 Å². The first-order valence-corrected chi connectivity index (χ1v) is 16.2. The Morgan fingerprint density at radius 3 is 1.52 bits per heavy atom. The first kappa shape index (κ1) is 32.2. The molecule has 0 saturated heterocycles. The van der Waals surface area contributed by atoms with Crippen LogP contribution in [-0.4, -0.2) is 25.9 Å². The van der Waals surface area contributed by atoms with Crippen molar-refractivity contribution in [2.45, 2.75) is 20.3 Å². The SMILES string of the molecule is C=C/C=C(\C=C/C)c1ccc(-c2cc(-c3ccc(C(/C=C\C)=C/C=C)cc3)nc(-c3ccc(CCP(=O)(O)O)cc3)n2)cc1. The molecule has 0 aliphatic rings. The maximum absolute atomic E-state index is 11.3. The minimum atomic E-state index is -4.07. The molecule has 5 nitrogen and oxygen atoms in total. The number of hydrogen-bond donors (Lipinski definition) is 2. The molecule has 0 amide bonds. The van der Waals surface area contributed by atoms with Crippen LogP contribution in [-0.2, 0) is 11.0 Å². The number of benzene rings is 3.